The number of fused-ring (bicyclic) bond motifs is 3. The van der Waals surface area contributed by atoms with E-state index in [0.29, 0.717) is 36.8 Å². The van der Waals surface area contributed by atoms with Crippen LogP contribution in [0.5, 0.6) is 0 Å². The van der Waals surface area contributed by atoms with Gasteiger partial charge in [0.2, 0.25) is 0 Å². The lowest BCUT2D eigenvalue weighted by molar-refractivity contribution is -0.141. The monoisotopic (exact) mass is 458 g/mol. The van der Waals surface area contributed by atoms with Crippen molar-refractivity contribution in [2.75, 3.05) is 12.3 Å². The summed E-state index contributed by atoms with van der Waals surface area (Å²) in [6.45, 7) is 2.90. The van der Waals surface area contributed by atoms with Crippen molar-refractivity contribution >= 4 is 22.6 Å². The number of carbonyl (C=O) groups is 1. The van der Waals surface area contributed by atoms with Crippen LogP contribution in [0.25, 0.3) is 10.9 Å². The molecule has 0 spiro atoms. The number of pyridine rings is 2. The Hall–Kier alpha value is -3.34. The Kier molecular flexibility index (Phi) is 5.15. The van der Waals surface area contributed by atoms with Crippen LogP contribution in [-0.4, -0.2) is 37.5 Å². The van der Waals surface area contributed by atoms with Crippen LogP contribution in [0, 0.1) is 5.92 Å². The number of amides is 1. The molecule has 0 bridgehead atoms. The first kappa shape index (κ1) is 21.5. The highest BCUT2D eigenvalue weighted by molar-refractivity contribution is 5.97. The van der Waals surface area contributed by atoms with Gasteiger partial charge in [0, 0.05) is 17.5 Å². The van der Waals surface area contributed by atoms with E-state index in [2.05, 4.69) is 20.2 Å². The lowest BCUT2D eigenvalue weighted by Gasteiger charge is -2.30. The van der Waals surface area contributed by atoms with Gasteiger partial charge >= 0.3 is 6.18 Å². The predicted molar refractivity (Wildman–Crippen MR) is 112 cm³/mol. The average molecular weight is 458 g/mol. The minimum atomic E-state index is -4.57. The van der Waals surface area contributed by atoms with E-state index in [9.17, 15) is 18.0 Å². The molecule has 11 heteroatoms. The minimum absolute atomic E-state index is 0.111. The molecule has 3 aromatic rings. The van der Waals surface area contributed by atoms with Crippen molar-refractivity contribution in [3.63, 3.8) is 0 Å². The summed E-state index contributed by atoms with van der Waals surface area (Å²) in [6.07, 6.45) is -1.35. The molecular weight excluding hydrogens is 437 g/mol. The zero-order chi connectivity index (χ0) is 23.3. The Morgan fingerprint density at radius 1 is 1.24 bits per heavy atom. The second-order valence-electron chi connectivity index (χ2n) is 8.25. The molecule has 33 heavy (non-hydrogen) atoms. The van der Waals surface area contributed by atoms with Crippen LogP contribution in [-0.2, 0) is 24.1 Å². The van der Waals surface area contributed by atoms with E-state index >= 15 is 0 Å². The minimum Gasteiger partial charge on any atom is -0.383 e. The van der Waals surface area contributed by atoms with Crippen molar-refractivity contribution in [2.24, 2.45) is 5.92 Å². The van der Waals surface area contributed by atoms with Crippen LogP contribution in [0.4, 0.5) is 19.0 Å². The molecule has 1 aliphatic heterocycles. The van der Waals surface area contributed by atoms with Crippen molar-refractivity contribution in [3.05, 3.63) is 52.6 Å². The molecule has 0 unspecified atom stereocenters. The summed E-state index contributed by atoms with van der Waals surface area (Å²) in [5, 5.41) is 7.94. The van der Waals surface area contributed by atoms with Crippen LogP contribution in [0.2, 0.25) is 0 Å². The molecule has 1 aliphatic carbocycles. The van der Waals surface area contributed by atoms with Gasteiger partial charge in [0.25, 0.3) is 5.91 Å². The van der Waals surface area contributed by atoms with Crippen LogP contribution < -0.4 is 5.73 Å². The number of hydrogen-bond donors (Lipinski definition) is 1. The van der Waals surface area contributed by atoms with Gasteiger partial charge < -0.3 is 15.4 Å². The summed E-state index contributed by atoms with van der Waals surface area (Å²) in [6, 6.07) is 3.42. The van der Waals surface area contributed by atoms with Gasteiger partial charge in [-0.05, 0) is 49.4 Å². The highest BCUT2D eigenvalue weighted by Crippen LogP contribution is 2.44. The number of nitrogen functional groups attached to an aromatic ring is 1. The van der Waals surface area contributed by atoms with E-state index < -0.39 is 17.9 Å². The molecule has 1 amide bonds. The first-order valence-corrected chi connectivity index (χ1v) is 10.6. The van der Waals surface area contributed by atoms with Gasteiger partial charge in [-0.3, -0.25) is 4.79 Å². The number of halogens is 3. The number of ether oxygens (including phenoxy) is 1. The molecule has 8 nitrogen and oxygen atoms in total. The fraction of sp³-hybridized carbons (Fsp3) is 0.409. The smallest absolute Gasteiger partial charge is 0.383 e. The topological polar surface area (TPSA) is 107 Å². The fourth-order valence-corrected chi connectivity index (χ4v) is 4.32. The van der Waals surface area contributed by atoms with Crippen molar-refractivity contribution in [2.45, 2.75) is 45.2 Å². The summed E-state index contributed by atoms with van der Waals surface area (Å²) in [5.41, 5.74) is 7.79. The van der Waals surface area contributed by atoms with E-state index in [-0.39, 0.29) is 17.5 Å². The molecule has 0 aromatic carbocycles. The molecule has 0 saturated heterocycles. The number of alkyl halides is 3. The van der Waals surface area contributed by atoms with Crippen molar-refractivity contribution in [1.82, 2.24) is 25.1 Å². The molecule has 3 aromatic heterocycles. The summed E-state index contributed by atoms with van der Waals surface area (Å²) in [7, 11) is 0. The third-order valence-corrected chi connectivity index (χ3v) is 6.12. The van der Waals surface area contributed by atoms with Crippen LogP contribution in [0.3, 0.4) is 0 Å². The Morgan fingerprint density at radius 2 is 2.00 bits per heavy atom. The number of carbonyl (C=O) groups excluding carboxylic acids is 1. The number of nitrogens with two attached hydrogens (primary N) is 1. The number of nitrogens with zero attached hydrogens (tertiary/aromatic N) is 5. The molecular formula is C22H21F3N6O2. The molecule has 1 saturated carbocycles. The SMILES string of the molecule is CCN(C(=O)c1cc2c3c(c(N)nc2cn1)COC3)[C@@H](c1ccc(C(F)(F)F)nn1)C1CC1. The van der Waals surface area contributed by atoms with E-state index in [1.54, 1.807) is 11.0 Å². The van der Waals surface area contributed by atoms with Gasteiger partial charge in [-0.15, -0.1) is 5.10 Å². The lowest BCUT2D eigenvalue weighted by atomic mass is 10.0. The lowest BCUT2D eigenvalue weighted by Crippen LogP contribution is -2.37. The maximum Gasteiger partial charge on any atom is 0.435 e. The second kappa shape index (κ2) is 7.91. The zero-order valence-corrected chi connectivity index (χ0v) is 17.8. The van der Waals surface area contributed by atoms with Crippen LogP contribution in [0.15, 0.2) is 24.4 Å². The summed E-state index contributed by atoms with van der Waals surface area (Å²) in [4.78, 5) is 23.8. The molecule has 1 atom stereocenters. The van der Waals surface area contributed by atoms with Gasteiger partial charge in [-0.1, -0.05) is 0 Å². The molecule has 2 aliphatic rings. The Balaban J connectivity index is 1.50. The van der Waals surface area contributed by atoms with Gasteiger partial charge in [0.05, 0.1) is 36.7 Å². The second-order valence-corrected chi connectivity index (χ2v) is 8.25. The number of rotatable bonds is 5. The number of aromatic nitrogens is 4. The first-order valence-electron chi connectivity index (χ1n) is 10.6. The normalized spacial score (nSPS) is 16.6. The van der Waals surface area contributed by atoms with E-state index in [1.165, 1.54) is 12.3 Å². The van der Waals surface area contributed by atoms with Crippen molar-refractivity contribution in [3.8, 4) is 0 Å². The molecule has 0 radical (unpaired) electrons. The quantitative estimate of drug-likeness (QED) is 0.622. The third-order valence-electron chi connectivity index (χ3n) is 6.12. The Bertz CT molecular complexity index is 1230. The zero-order valence-electron chi connectivity index (χ0n) is 17.8. The van der Waals surface area contributed by atoms with E-state index in [1.807, 2.05) is 6.92 Å². The van der Waals surface area contributed by atoms with Crippen LogP contribution in [0.1, 0.15) is 58.8 Å². The van der Waals surface area contributed by atoms with Crippen LogP contribution >= 0.6 is 0 Å². The molecule has 2 N–H and O–H groups in total. The highest BCUT2D eigenvalue weighted by atomic mass is 19.4. The van der Waals surface area contributed by atoms with E-state index in [4.69, 9.17) is 10.5 Å². The number of hydrogen-bond acceptors (Lipinski definition) is 7. The maximum absolute atomic E-state index is 13.5. The van der Waals surface area contributed by atoms with Crippen molar-refractivity contribution < 1.29 is 22.7 Å². The third kappa shape index (κ3) is 3.86. The van der Waals surface area contributed by atoms with Crippen molar-refractivity contribution in [1.29, 1.82) is 0 Å². The highest BCUT2D eigenvalue weighted by Gasteiger charge is 2.40. The van der Waals surface area contributed by atoms with Gasteiger partial charge in [-0.2, -0.15) is 18.3 Å². The van der Waals surface area contributed by atoms with Gasteiger partial charge in [0.15, 0.2) is 5.69 Å². The van der Waals surface area contributed by atoms with E-state index in [0.717, 1.165) is 35.4 Å². The van der Waals surface area contributed by atoms with Gasteiger partial charge in [-0.25, -0.2) is 9.97 Å². The Labute approximate surface area is 187 Å². The number of anilines is 1. The van der Waals surface area contributed by atoms with Gasteiger partial charge in [0.1, 0.15) is 11.5 Å². The maximum atomic E-state index is 13.5. The largest absolute Gasteiger partial charge is 0.435 e. The molecule has 4 heterocycles. The summed E-state index contributed by atoms with van der Waals surface area (Å²) < 4.78 is 44.3. The fourth-order valence-electron chi connectivity index (χ4n) is 4.32. The first-order chi connectivity index (χ1) is 15.8. The molecule has 1 fully saturated rings. The summed E-state index contributed by atoms with van der Waals surface area (Å²) >= 11 is 0. The standard InChI is InChI=1S/C22H21F3N6O2/c1-2-31(19(11-3-4-11)15-5-6-18(30-29-15)22(23,24)25)21(32)16-7-12-13-9-33-10-14(13)20(26)28-17(12)8-27-16/h5-8,11,19H,2-4,9-10H2,1H3,(H2,26,28)/t19-/m1/s1. The predicted octanol–water partition coefficient (Wildman–Crippen LogP) is 3.66. The molecule has 172 valence electrons. The average Bonchev–Trinajstić information content (AvgIpc) is 3.50. The molecule has 5 rings (SSSR count). The summed E-state index contributed by atoms with van der Waals surface area (Å²) in [5.74, 6) is 0.169. The Morgan fingerprint density at radius 3 is 2.64 bits per heavy atom.